The summed E-state index contributed by atoms with van der Waals surface area (Å²) in [5, 5.41) is 4.33. The van der Waals surface area contributed by atoms with Crippen LogP contribution in [-0.2, 0) is 4.79 Å². The molecule has 3 N–H and O–H groups in total. The second kappa shape index (κ2) is 6.64. The largest absolute Gasteiger partial charge is 0.351 e. The van der Waals surface area contributed by atoms with Gasteiger partial charge in [0.15, 0.2) is 0 Å². The van der Waals surface area contributed by atoms with Crippen LogP contribution in [0.25, 0.3) is 0 Å². The Morgan fingerprint density at radius 1 is 1.80 bits per heavy atom. The van der Waals surface area contributed by atoms with Gasteiger partial charge in [0, 0.05) is 19.2 Å². The van der Waals surface area contributed by atoms with E-state index in [-0.39, 0.29) is 5.91 Å². The van der Waals surface area contributed by atoms with Gasteiger partial charge in [-0.1, -0.05) is 0 Å². The van der Waals surface area contributed by atoms with Crippen molar-refractivity contribution in [1.82, 2.24) is 5.32 Å². The minimum absolute atomic E-state index is 0.0835. The Balaban J connectivity index is 3.34. The Hall–Kier alpha value is -0.480. The first-order chi connectivity index (χ1) is 4.81. The summed E-state index contributed by atoms with van der Waals surface area (Å²) in [6.45, 7) is 1.02. The van der Waals surface area contributed by atoms with E-state index in [0.29, 0.717) is 13.1 Å². The Labute approximate surface area is 65.0 Å². The van der Waals surface area contributed by atoms with Crippen molar-refractivity contribution in [3.63, 3.8) is 0 Å². The molecule has 10 heavy (non-hydrogen) atoms. The zero-order valence-corrected chi connectivity index (χ0v) is 6.78. The number of carbonyl (C=O) groups excluding carboxylic acids is 1. The molecular weight excluding hydrogens is 148 g/mol. The Morgan fingerprint density at radius 2 is 2.50 bits per heavy atom. The lowest BCUT2D eigenvalue weighted by Gasteiger charge is -1.95. The van der Waals surface area contributed by atoms with Crippen molar-refractivity contribution in [2.24, 2.45) is 5.73 Å². The second-order valence-corrected chi connectivity index (χ2v) is 2.36. The molecule has 0 unspecified atom stereocenters. The van der Waals surface area contributed by atoms with Gasteiger partial charge in [-0.25, -0.2) is 0 Å². The SMILES string of the molecule is CS/C=C/C(=O)NCCN. The number of thioether (sulfide) groups is 1. The van der Waals surface area contributed by atoms with Crippen molar-refractivity contribution in [2.75, 3.05) is 19.3 Å². The monoisotopic (exact) mass is 160 g/mol. The average Bonchev–Trinajstić information content (AvgIpc) is 1.97. The van der Waals surface area contributed by atoms with Crippen molar-refractivity contribution in [3.05, 3.63) is 11.5 Å². The molecule has 1 amide bonds. The van der Waals surface area contributed by atoms with Gasteiger partial charge in [-0.15, -0.1) is 11.8 Å². The Bertz CT molecular complexity index is 125. The molecule has 0 aromatic carbocycles. The van der Waals surface area contributed by atoms with Crippen LogP contribution in [-0.4, -0.2) is 25.3 Å². The zero-order valence-electron chi connectivity index (χ0n) is 5.96. The molecule has 0 aliphatic rings. The molecule has 0 aromatic heterocycles. The van der Waals surface area contributed by atoms with E-state index in [4.69, 9.17) is 5.73 Å². The molecular formula is C6H12N2OS. The van der Waals surface area contributed by atoms with Gasteiger partial charge in [0.1, 0.15) is 0 Å². The molecule has 0 fully saturated rings. The molecule has 0 aliphatic heterocycles. The maximum atomic E-state index is 10.7. The number of hydrogen-bond donors (Lipinski definition) is 2. The molecule has 3 nitrogen and oxygen atoms in total. The van der Waals surface area contributed by atoms with E-state index in [2.05, 4.69) is 5.32 Å². The number of nitrogens with one attached hydrogen (secondary N) is 1. The van der Waals surface area contributed by atoms with Gasteiger partial charge in [-0.2, -0.15) is 0 Å². The number of rotatable bonds is 4. The fourth-order valence-electron chi connectivity index (χ4n) is 0.384. The van der Waals surface area contributed by atoms with Gasteiger partial charge in [0.2, 0.25) is 5.91 Å². The summed E-state index contributed by atoms with van der Waals surface area (Å²) in [7, 11) is 0. The topological polar surface area (TPSA) is 55.1 Å². The summed E-state index contributed by atoms with van der Waals surface area (Å²) in [5.41, 5.74) is 5.16. The highest BCUT2D eigenvalue weighted by atomic mass is 32.2. The lowest BCUT2D eigenvalue weighted by atomic mass is 10.5. The third-order valence-electron chi connectivity index (χ3n) is 0.799. The molecule has 58 valence electrons. The van der Waals surface area contributed by atoms with Gasteiger partial charge >= 0.3 is 0 Å². The van der Waals surface area contributed by atoms with Crippen LogP contribution in [0.4, 0.5) is 0 Å². The normalized spacial score (nSPS) is 10.2. The average molecular weight is 160 g/mol. The first-order valence-electron chi connectivity index (χ1n) is 2.98. The van der Waals surface area contributed by atoms with Gasteiger partial charge in [0.05, 0.1) is 0 Å². The molecule has 0 aromatic rings. The fraction of sp³-hybridized carbons (Fsp3) is 0.500. The lowest BCUT2D eigenvalue weighted by molar-refractivity contribution is -0.116. The number of hydrogen-bond acceptors (Lipinski definition) is 3. The highest BCUT2D eigenvalue weighted by Gasteiger charge is 1.89. The standard InChI is InChI=1S/C6H12N2OS/c1-10-5-2-6(9)8-4-3-7/h2,5H,3-4,7H2,1H3,(H,8,9)/b5-2+. The van der Waals surface area contributed by atoms with Crippen molar-refractivity contribution in [2.45, 2.75) is 0 Å². The van der Waals surface area contributed by atoms with Gasteiger partial charge in [-0.05, 0) is 11.7 Å². The van der Waals surface area contributed by atoms with E-state index in [1.807, 2.05) is 6.26 Å². The fourth-order valence-corrected chi connectivity index (χ4v) is 0.644. The van der Waals surface area contributed by atoms with E-state index in [0.717, 1.165) is 0 Å². The first kappa shape index (κ1) is 9.52. The molecule has 0 saturated carbocycles. The van der Waals surface area contributed by atoms with E-state index >= 15 is 0 Å². The molecule has 0 spiro atoms. The number of nitrogens with two attached hydrogens (primary N) is 1. The predicted octanol–water partition coefficient (Wildman–Crippen LogP) is -0.0620. The second-order valence-electron chi connectivity index (χ2n) is 1.62. The molecule has 0 saturated heterocycles. The number of carbonyl (C=O) groups is 1. The van der Waals surface area contributed by atoms with Gasteiger partial charge in [-0.3, -0.25) is 4.79 Å². The van der Waals surface area contributed by atoms with Crippen LogP contribution in [0.2, 0.25) is 0 Å². The summed E-state index contributed by atoms with van der Waals surface area (Å²) in [4.78, 5) is 10.7. The summed E-state index contributed by atoms with van der Waals surface area (Å²) < 4.78 is 0. The smallest absolute Gasteiger partial charge is 0.244 e. The van der Waals surface area contributed by atoms with Crippen LogP contribution >= 0.6 is 11.8 Å². The van der Waals surface area contributed by atoms with Crippen LogP contribution in [0.3, 0.4) is 0 Å². The third kappa shape index (κ3) is 5.65. The first-order valence-corrected chi connectivity index (χ1v) is 4.27. The van der Waals surface area contributed by atoms with Crippen molar-refractivity contribution in [1.29, 1.82) is 0 Å². The van der Waals surface area contributed by atoms with Gasteiger partial charge < -0.3 is 11.1 Å². The molecule has 0 rings (SSSR count). The summed E-state index contributed by atoms with van der Waals surface area (Å²) >= 11 is 1.49. The van der Waals surface area contributed by atoms with Crippen molar-refractivity contribution < 1.29 is 4.79 Å². The minimum atomic E-state index is -0.0835. The van der Waals surface area contributed by atoms with Gasteiger partial charge in [0.25, 0.3) is 0 Å². The summed E-state index contributed by atoms with van der Waals surface area (Å²) in [5.74, 6) is -0.0835. The maximum Gasteiger partial charge on any atom is 0.244 e. The lowest BCUT2D eigenvalue weighted by Crippen LogP contribution is -2.27. The van der Waals surface area contributed by atoms with Crippen molar-refractivity contribution in [3.8, 4) is 0 Å². The molecule has 0 radical (unpaired) electrons. The quantitative estimate of drug-likeness (QED) is 0.566. The van der Waals surface area contributed by atoms with Crippen LogP contribution in [0.5, 0.6) is 0 Å². The molecule has 0 heterocycles. The van der Waals surface area contributed by atoms with E-state index in [1.165, 1.54) is 17.8 Å². The van der Waals surface area contributed by atoms with Crippen LogP contribution in [0.15, 0.2) is 11.5 Å². The van der Waals surface area contributed by atoms with E-state index in [9.17, 15) is 4.79 Å². The van der Waals surface area contributed by atoms with Crippen LogP contribution < -0.4 is 11.1 Å². The Morgan fingerprint density at radius 3 is 3.00 bits per heavy atom. The van der Waals surface area contributed by atoms with Crippen LogP contribution in [0, 0.1) is 0 Å². The van der Waals surface area contributed by atoms with E-state index < -0.39 is 0 Å². The van der Waals surface area contributed by atoms with E-state index in [1.54, 1.807) is 5.41 Å². The summed E-state index contributed by atoms with van der Waals surface area (Å²) in [6, 6.07) is 0. The minimum Gasteiger partial charge on any atom is -0.351 e. The highest BCUT2D eigenvalue weighted by molar-refractivity contribution is 8.01. The molecule has 0 bridgehead atoms. The predicted molar refractivity (Wildman–Crippen MR) is 44.7 cm³/mol. The maximum absolute atomic E-state index is 10.7. The molecule has 0 atom stereocenters. The van der Waals surface area contributed by atoms with Crippen LogP contribution in [0.1, 0.15) is 0 Å². The highest BCUT2D eigenvalue weighted by Crippen LogP contribution is 1.91. The molecule has 0 aliphatic carbocycles. The Kier molecular flexibility index (Phi) is 6.32. The third-order valence-corrected chi connectivity index (χ3v) is 1.21. The number of amides is 1. The molecule has 4 heteroatoms. The zero-order chi connectivity index (χ0) is 7.82. The van der Waals surface area contributed by atoms with Crippen molar-refractivity contribution >= 4 is 17.7 Å². The summed E-state index contributed by atoms with van der Waals surface area (Å²) in [6.07, 6.45) is 3.38.